The smallest absolute Gasteiger partial charge is 0.115 e. The zero-order valence-electron chi connectivity index (χ0n) is 9.30. The van der Waals surface area contributed by atoms with Gasteiger partial charge in [-0.05, 0) is 29.7 Å². The molecule has 0 aliphatic heterocycles. The highest BCUT2D eigenvalue weighted by molar-refractivity contribution is 5.30. The summed E-state index contributed by atoms with van der Waals surface area (Å²) in [7, 11) is 1.00. The van der Waals surface area contributed by atoms with E-state index in [1.165, 1.54) is 11.1 Å². The molecule has 2 rings (SSSR count). The van der Waals surface area contributed by atoms with E-state index in [1.807, 2.05) is 30.3 Å². The second kappa shape index (κ2) is 6.64. The molecule has 2 heteroatoms. The van der Waals surface area contributed by atoms with Crippen molar-refractivity contribution in [2.45, 2.75) is 6.42 Å². The third kappa shape index (κ3) is 3.75. The topological polar surface area (TPSA) is 40.5 Å². The van der Waals surface area contributed by atoms with Gasteiger partial charge in [0.2, 0.25) is 0 Å². The highest BCUT2D eigenvalue weighted by atomic mass is 16.3. The number of rotatable bonds is 2. The summed E-state index contributed by atoms with van der Waals surface area (Å²) in [5.41, 5.74) is 2.51. The molecule has 0 spiro atoms. The maximum absolute atomic E-state index is 9.12. The molecule has 0 unspecified atom stereocenters. The van der Waals surface area contributed by atoms with Gasteiger partial charge in [0.25, 0.3) is 0 Å². The number of phenols is 1. The lowest BCUT2D eigenvalue weighted by Crippen LogP contribution is -1.86. The van der Waals surface area contributed by atoms with Gasteiger partial charge in [-0.2, -0.15) is 0 Å². The Labute approximate surface area is 95.8 Å². The Bertz CT molecular complexity index is 393. The predicted octanol–water partition coefficient (Wildman–Crippen LogP) is 2.59. The molecular weight excluding hydrogens is 200 g/mol. The number of aliphatic hydroxyl groups is 1. The van der Waals surface area contributed by atoms with Gasteiger partial charge in [-0.15, -0.1) is 0 Å². The number of phenolic OH excluding ortho intramolecular Hbond substituents is 1. The summed E-state index contributed by atoms with van der Waals surface area (Å²) in [5, 5.41) is 16.1. The third-order valence-electron chi connectivity index (χ3n) is 2.19. The quantitative estimate of drug-likeness (QED) is 0.810. The van der Waals surface area contributed by atoms with Crippen LogP contribution < -0.4 is 0 Å². The zero-order valence-corrected chi connectivity index (χ0v) is 9.30. The van der Waals surface area contributed by atoms with Gasteiger partial charge in [0, 0.05) is 7.11 Å². The van der Waals surface area contributed by atoms with Gasteiger partial charge < -0.3 is 10.2 Å². The van der Waals surface area contributed by atoms with Gasteiger partial charge in [0.05, 0.1) is 0 Å². The molecular formula is C14H16O2. The second-order valence-corrected chi connectivity index (χ2v) is 3.33. The van der Waals surface area contributed by atoms with Crippen LogP contribution in [-0.4, -0.2) is 17.3 Å². The Hall–Kier alpha value is -1.80. The van der Waals surface area contributed by atoms with Crippen LogP contribution >= 0.6 is 0 Å². The Morgan fingerprint density at radius 2 is 1.25 bits per heavy atom. The van der Waals surface area contributed by atoms with Crippen LogP contribution in [0, 0.1) is 0 Å². The number of aromatic hydroxyl groups is 1. The molecule has 0 fully saturated rings. The lowest BCUT2D eigenvalue weighted by molar-refractivity contribution is 0.399. The molecule has 0 atom stereocenters. The first-order valence-electron chi connectivity index (χ1n) is 5.11. The molecule has 84 valence electrons. The van der Waals surface area contributed by atoms with E-state index in [0.717, 1.165) is 13.5 Å². The van der Waals surface area contributed by atoms with Gasteiger partial charge in [0.1, 0.15) is 5.75 Å². The molecule has 0 radical (unpaired) electrons. The largest absolute Gasteiger partial charge is 0.508 e. The summed E-state index contributed by atoms with van der Waals surface area (Å²) in [5.74, 6) is 0.321. The van der Waals surface area contributed by atoms with Crippen molar-refractivity contribution in [3.63, 3.8) is 0 Å². The van der Waals surface area contributed by atoms with Crippen LogP contribution in [0.15, 0.2) is 54.6 Å². The highest BCUT2D eigenvalue weighted by Gasteiger charge is 1.95. The van der Waals surface area contributed by atoms with Gasteiger partial charge in [0.15, 0.2) is 0 Å². The Balaban J connectivity index is 0.000000606. The number of benzene rings is 2. The van der Waals surface area contributed by atoms with Crippen molar-refractivity contribution < 1.29 is 10.2 Å². The van der Waals surface area contributed by atoms with Crippen LogP contribution in [0.3, 0.4) is 0 Å². The van der Waals surface area contributed by atoms with Crippen molar-refractivity contribution in [1.29, 1.82) is 0 Å². The minimum Gasteiger partial charge on any atom is -0.508 e. The fourth-order valence-corrected chi connectivity index (χ4v) is 1.45. The molecule has 0 bridgehead atoms. The minimum atomic E-state index is 0.321. The van der Waals surface area contributed by atoms with E-state index in [2.05, 4.69) is 12.1 Å². The van der Waals surface area contributed by atoms with E-state index in [4.69, 9.17) is 10.2 Å². The Morgan fingerprint density at radius 3 is 1.81 bits per heavy atom. The van der Waals surface area contributed by atoms with Crippen LogP contribution in [0.5, 0.6) is 5.75 Å². The van der Waals surface area contributed by atoms with Crippen molar-refractivity contribution in [2.75, 3.05) is 7.11 Å². The van der Waals surface area contributed by atoms with Gasteiger partial charge in [-0.3, -0.25) is 0 Å². The van der Waals surface area contributed by atoms with Crippen LogP contribution in [0.25, 0.3) is 0 Å². The molecule has 2 aromatic rings. The van der Waals surface area contributed by atoms with Crippen molar-refractivity contribution in [1.82, 2.24) is 0 Å². The number of aliphatic hydroxyl groups excluding tert-OH is 1. The first kappa shape index (κ1) is 12.3. The van der Waals surface area contributed by atoms with Crippen LogP contribution in [-0.2, 0) is 6.42 Å². The molecule has 0 amide bonds. The third-order valence-corrected chi connectivity index (χ3v) is 2.19. The molecule has 16 heavy (non-hydrogen) atoms. The summed E-state index contributed by atoms with van der Waals surface area (Å²) in [6.07, 6.45) is 0.918. The number of hydrogen-bond donors (Lipinski definition) is 2. The average molecular weight is 216 g/mol. The highest BCUT2D eigenvalue weighted by Crippen LogP contribution is 2.13. The molecule has 0 saturated heterocycles. The van der Waals surface area contributed by atoms with Gasteiger partial charge in [-0.1, -0.05) is 42.5 Å². The predicted molar refractivity (Wildman–Crippen MR) is 65.5 cm³/mol. The summed E-state index contributed by atoms with van der Waals surface area (Å²) in [4.78, 5) is 0. The van der Waals surface area contributed by atoms with Crippen LogP contribution in [0.4, 0.5) is 0 Å². The average Bonchev–Trinajstić information content (AvgIpc) is 2.36. The van der Waals surface area contributed by atoms with E-state index in [0.29, 0.717) is 5.75 Å². The Morgan fingerprint density at radius 1 is 0.750 bits per heavy atom. The van der Waals surface area contributed by atoms with E-state index in [1.54, 1.807) is 12.1 Å². The molecule has 0 saturated carbocycles. The Kier molecular flexibility index (Phi) is 5.09. The summed E-state index contributed by atoms with van der Waals surface area (Å²) in [6.45, 7) is 0. The van der Waals surface area contributed by atoms with Crippen molar-refractivity contribution in [3.05, 3.63) is 65.7 Å². The second-order valence-electron chi connectivity index (χ2n) is 3.33. The molecule has 2 aromatic carbocycles. The zero-order chi connectivity index (χ0) is 11.8. The van der Waals surface area contributed by atoms with Crippen LogP contribution in [0.1, 0.15) is 11.1 Å². The standard InChI is InChI=1S/C13H12O.CH4O/c14-13-8-6-12(7-9-13)10-11-4-2-1-3-5-11;1-2/h1-9,14H,10H2;2H,1H3. The van der Waals surface area contributed by atoms with Crippen molar-refractivity contribution in [2.24, 2.45) is 0 Å². The van der Waals surface area contributed by atoms with E-state index >= 15 is 0 Å². The minimum absolute atomic E-state index is 0.321. The maximum atomic E-state index is 9.12. The first-order chi connectivity index (χ1) is 7.84. The summed E-state index contributed by atoms with van der Waals surface area (Å²) < 4.78 is 0. The fourth-order valence-electron chi connectivity index (χ4n) is 1.45. The maximum Gasteiger partial charge on any atom is 0.115 e. The van der Waals surface area contributed by atoms with Gasteiger partial charge in [-0.25, -0.2) is 0 Å². The lowest BCUT2D eigenvalue weighted by atomic mass is 10.1. The van der Waals surface area contributed by atoms with E-state index < -0.39 is 0 Å². The molecule has 0 aliphatic carbocycles. The van der Waals surface area contributed by atoms with E-state index in [-0.39, 0.29) is 0 Å². The normalized spacial score (nSPS) is 9.12. The van der Waals surface area contributed by atoms with Gasteiger partial charge >= 0.3 is 0 Å². The molecule has 2 N–H and O–H groups in total. The molecule has 0 heterocycles. The monoisotopic (exact) mass is 216 g/mol. The molecule has 2 nitrogen and oxygen atoms in total. The van der Waals surface area contributed by atoms with Crippen molar-refractivity contribution in [3.8, 4) is 5.75 Å². The van der Waals surface area contributed by atoms with Crippen LogP contribution in [0.2, 0.25) is 0 Å². The number of hydrogen-bond acceptors (Lipinski definition) is 2. The molecule has 0 aromatic heterocycles. The lowest BCUT2D eigenvalue weighted by Gasteiger charge is -2.01. The SMILES string of the molecule is CO.Oc1ccc(Cc2ccccc2)cc1. The summed E-state index contributed by atoms with van der Waals surface area (Å²) >= 11 is 0. The van der Waals surface area contributed by atoms with Crippen molar-refractivity contribution >= 4 is 0 Å². The molecule has 0 aliphatic rings. The summed E-state index contributed by atoms with van der Waals surface area (Å²) in [6, 6.07) is 17.6. The van der Waals surface area contributed by atoms with E-state index in [9.17, 15) is 0 Å². The first-order valence-corrected chi connectivity index (χ1v) is 5.11. The fraction of sp³-hybridized carbons (Fsp3) is 0.143.